The monoisotopic (exact) mass is 344 g/mol. The number of esters is 1. The smallest absolute Gasteiger partial charge is 0.340 e. The molecule has 0 atom stereocenters. The van der Waals surface area contributed by atoms with Crippen LogP contribution in [0.1, 0.15) is 17.3 Å². The summed E-state index contributed by atoms with van der Waals surface area (Å²) < 4.78 is 33.3. The van der Waals surface area contributed by atoms with E-state index in [4.69, 9.17) is 10.5 Å². The molecule has 0 aliphatic heterocycles. The van der Waals surface area contributed by atoms with E-state index in [1.54, 1.807) is 13.0 Å². The first-order valence-electron chi connectivity index (χ1n) is 7.44. The number of halogens is 2. The molecule has 3 N–H and O–H groups in total. The summed E-state index contributed by atoms with van der Waals surface area (Å²) in [5.74, 6) is -2.28. The van der Waals surface area contributed by atoms with E-state index in [1.165, 1.54) is 18.3 Å². The number of nitrogen functional groups attached to an aromatic ring is 1. The Morgan fingerprint density at radius 2 is 2.00 bits per heavy atom. The van der Waals surface area contributed by atoms with Crippen molar-refractivity contribution in [2.75, 3.05) is 12.3 Å². The molecular weight excluding hydrogens is 330 g/mol. The quantitative estimate of drug-likeness (QED) is 0.709. The second kappa shape index (κ2) is 6.68. The standard InChI is InChI=1S/C17H14F2N4O2/c1-2-25-16(24)9-8-13(12-6-7-21-17(20)23-12)22-15(9)14-10(18)4-3-5-11(14)19/h3-8,22H,2H2,1H3,(H2,20,21,23). The molecule has 0 fully saturated rings. The summed E-state index contributed by atoms with van der Waals surface area (Å²) >= 11 is 0. The van der Waals surface area contributed by atoms with E-state index in [-0.39, 0.29) is 29.4 Å². The molecule has 0 aliphatic rings. The average Bonchev–Trinajstić information content (AvgIpc) is 3.00. The largest absolute Gasteiger partial charge is 0.462 e. The van der Waals surface area contributed by atoms with Crippen molar-refractivity contribution in [1.29, 1.82) is 0 Å². The molecule has 0 amide bonds. The highest BCUT2D eigenvalue weighted by atomic mass is 19.1. The molecule has 0 aliphatic carbocycles. The lowest BCUT2D eigenvalue weighted by atomic mass is 10.1. The van der Waals surface area contributed by atoms with Gasteiger partial charge in [0.1, 0.15) is 11.6 Å². The molecule has 0 unspecified atom stereocenters. The summed E-state index contributed by atoms with van der Waals surface area (Å²) in [6, 6.07) is 6.43. The van der Waals surface area contributed by atoms with Gasteiger partial charge in [0, 0.05) is 6.20 Å². The Hall–Kier alpha value is -3.29. The second-order valence-electron chi connectivity index (χ2n) is 5.09. The first kappa shape index (κ1) is 16.6. The molecule has 128 valence electrons. The highest BCUT2D eigenvalue weighted by Gasteiger charge is 2.23. The van der Waals surface area contributed by atoms with Crippen molar-refractivity contribution in [1.82, 2.24) is 15.0 Å². The van der Waals surface area contributed by atoms with E-state index in [1.807, 2.05) is 0 Å². The zero-order chi connectivity index (χ0) is 18.0. The van der Waals surface area contributed by atoms with Crippen LogP contribution in [0.25, 0.3) is 22.6 Å². The number of carbonyl (C=O) groups excluding carboxylic acids is 1. The molecule has 0 radical (unpaired) electrons. The van der Waals surface area contributed by atoms with Gasteiger partial charge in [-0.3, -0.25) is 0 Å². The molecular formula is C17H14F2N4O2. The van der Waals surface area contributed by atoms with Crippen LogP contribution in [-0.4, -0.2) is 27.5 Å². The zero-order valence-electron chi connectivity index (χ0n) is 13.2. The summed E-state index contributed by atoms with van der Waals surface area (Å²) in [5.41, 5.74) is 5.92. The molecule has 3 aromatic rings. The molecule has 0 bridgehead atoms. The van der Waals surface area contributed by atoms with Crippen molar-refractivity contribution in [2.24, 2.45) is 0 Å². The number of nitrogens with zero attached hydrogens (tertiary/aromatic N) is 2. The summed E-state index contributed by atoms with van der Waals surface area (Å²) in [4.78, 5) is 22.9. The Kier molecular flexibility index (Phi) is 4.42. The Morgan fingerprint density at radius 1 is 1.28 bits per heavy atom. The number of benzene rings is 1. The minimum atomic E-state index is -0.804. The van der Waals surface area contributed by atoms with Gasteiger partial charge in [-0.25, -0.2) is 23.5 Å². The first-order valence-corrected chi connectivity index (χ1v) is 7.44. The molecule has 2 aromatic heterocycles. The van der Waals surface area contributed by atoms with Gasteiger partial charge < -0.3 is 15.5 Å². The number of carbonyl (C=O) groups is 1. The third kappa shape index (κ3) is 3.18. The summed E-state index contributed by atoms with van der Waals surface area (Å²) in [5, 5.41) is 0. The molecule has 25 heavy (non-hydrogen) atoms. The van der Waals surface area contributed by atoms with Gasteiger partial charge in [0.15, 0.2) is 0 Å². The molecule has 2 heterocycles. The lowest BCUT2D eigenvalue weighted by Crippen LogP contribution is -2.06. The fourth-order valence-corrected chi connectivity index (χ4v) is 2.42. The number of rotatable bonds is 4. The van der Waals surface area contributed by atoms with Gasteiger partial charge in [0.25, 0.3) is 0 Å². The van der Waals surface area contributed by atoms with Crippen molar-refractivity contribution >= 4 is 11.9 Å². The van der Waals surface area contributed by atoms with Crippen LogP contribution >= 0.6 is 0 Å². The third-order valence-corrected chi connectivity index (χ3v) is 3.48. The predicted octanol–water partition coefficient (Wildman–Crippen LogP) is 3.18. The average molecular weight is 344 g/mol. The minimum absolute atomic E-state index is 0.00182. The Morgan fingerprint density at radius 3 is 2.64 bits per heavy atom. The third-order valence-electron chi connectivity index (χ3n) is 3.48. The maximum absolute atomic E-state index is 14.2. The number of hydrogen-bond donors (Lipinski definition) is 2. The van der Waals surface area contributed by atoms with E-state index in [9.17, 15) is 13.6 Å². The van der Waals surface area contributed by atoms with Gasteiger partial charge in [-0.1, -0.05) is 6.07 Å². The van der Waals surface area contributed by atoms with E-state index < -0.39 is 17.6 Å². The lowest BCUT2D eigenvalue weighted by Gasteiger charge is -2.06. The highest BCUT2D eigenvalue weighted by molar-refractivity contribution is 5.98. The fourth-order valence-electron chi connectivity index (χ4n) is 2.42. The van der Waals surface area contributed by atoms with Crippen LogP contribution in [0, 0.1) is 11.6 Å². The van der Waals surface area contributed by atoms with E-state index >= 15 is 0 Å². The van der Waals surface area contributed by atoms with Crippen LogP contribution in [0.4, 0.5) is 14.7 Å². The minimum Gasteiger partial charge on any atom is -0.462 e. The zero-order valence-corrected chi connectivity index (χ0v) is 13.2. The lowest BCUT2D eigenvalue weighted by molar-refractivity contribution is 0.0527. The van der Waals surface area contributed by atoms with Gasteiger partial charge in [-0.15, -0.1) is 0 Å². The van der Waals surface area contributed by atoms with Crippen molar-refractivity contribution in [2.45, 2.75) is 6.92 Å². The van der Waals surface area contributed by atoms with Crippen molar-refractivity contribution in [3.05, 3.63) is 53.7 Å². The van der Waals surface area contributed by atoms with Gasteiger partial charge in [-0.05, 0) is 31.2 Å². The predicted molar refractivity (Wildman–Crippen MR) is 87.5 cm³/mol. The van der Waals surface area contributed by atoms with Crippen LogP contribution in [0.3, 0.4) is 0 Å². The van der Waals surface area contributed by atoms with Crippen LogP contribution in [0.15, 0.2) is 36.5 Å². The van der Waals surface area contributed by atoms with Crippen molar-refractivity contribution in [3.8, 4) is 22.6 Å². The van der Waals surface area contributed by atoms with E-state index in [0.717, 1.165) is 12.1 Å². The molecule has 0 spiro atoms. The number of nitrogens with one attached hydrogen (secondary N) is 1. The Balaban J connectivity index is 2.21. The maximum Gasteiger partial charge on any atom is 0.340 e. The first-order chi connectivity index (χ1) is 12.0. The Labute approximate surface area is 141 Å². The fraction of sp³-hybridized carbons (Fsp3) is 0.118. The molecule has 6 nitrogen and oxygen atoms in total. The summed E-state index contributed by atoms with van der Waals surface area (Å²) in [6.07, 6.45) is 1.44. The number of anilines is 1. The van der Waals surface area contributed by atoms with Crippen LogP contribution in [0.5, 0.6) is 0 Å². The highest BCUT2D eigenvalue weighted by Crippen LogP contribution is 2.32. The number of aromatic nitrogens is 3. The van der Waals surface area contributed by atoms with Gasteiger partial charge in [0.2, 0.25) is 5.95 Å². The molecule has 3 rings (SSSR count). The Bertz CT molecular complexity index is 920. The van der Waals surface area contributed by atoms with E-state index in [2.05, 4.69) is 15.0 Å². The number of H-pyrrole nitrogens is 1. The van der Waals surface area contributed by atoms with Crippen LogP contribution < -0.4 is 5.73 Å². The number of nitrogens with two attached hydrogens (primary N) is 1. The topological polar surface area (TPSA) is 93.9 Å². The van der Waals surface area contributed by atoms with Gasteiger partial charge in [-0.2, -0.15) is 0 Å². The molecule has 0 saturated carbocycles. The SMILES string of the molecule is CCOC(=O)c1cc(-c2ccnc(N)n2)[nH]c1-c1c(F)cccc1F. The van der Waals surface area contributed by atoms with Crippen molar-refractivity contribution < 1.29 is 18.3 Å². The van der Waals surface area contributed by atoms with Gasteiger partial charge in [0.05, 0.1) is 34.8 Å². The van der Waals surface area contributed by atoms with Gasteiger partial charge >= 0.3 is 5.97 Å². The number of ether oxygens (including phenoxy) is 1. The maximum atomic E-state index is 14.2. The van der Waals surface area contributed by atoms with Crippen LogP contribution in [-0.2, 0) is 4.74 Å². The second-order valence-corrected chi connectivity index (χ2v) is 5.09. The van der Waals surface area contributed by atoms with Crippen molar-refractivity contribution in [3.63, 3.8) is 0 Å². The molecule has 1 aromatic carbocycles. The normalized spacial score (nSPS) is 10.7. The number of aromatic amines is 1. The van der Waals surface area contributed by atoms with Crippen LogP contribution in [0.2, 0.25) is 0 Å². The summed E-state index contributed by atoms with van der Waals surface area (Å²) in [6.45, 7) is 1.76. The van der Waals surface area contributed by atoms with E-state index in [0.29, 0.717) is 11.4 Å². The summed E-state index contributed by atoms with van der Waals surface area (Å²) in [7, 11) is 0. The molecule has 8 heteroatoms. The number of hydrogen-bond acceptors (Lipinski definition) is 5. The molecule has 0 saturated heterocycles.